The van der Waals surface area contributed by atoms with E-state index in [0.29, 0.717) is 10.6 Å². The number of amides is 1. The number of hydrogen-bond acceptors (Lipinski definition) is 4. The largest absolute Gasteiger partial charge is 0.335 e. The highest BCUT2D eigenvalue weighted by atomic mass is 32.1. The molecule has 1 rings (SSSR count). The molecule has 4 nitrogen and oxygen atoms in total. The van der Waals surface area contributed by atoms with Crippen molar-refractivity contribution in [2.75, 3.05) is 0 Å². The van der Waals surface area contributed by atoms with Crippen LogP contribution in [0.15, 0.2) is 0 Å². The molecule has 0 spiro atoms. The number of rotatable bonds is 2. The van der Waals surface area contributed by atoms with Crippen LogP contribution in [0.25, 0.3) is 0 Å². The number of carbonyl (C=O) groups is 1. The van der Waals surface area contributed by atoms with Gasteiger partial charge in [0.05, 0.1) is 11.2 Å². The van der Waals surface area contributed by atoms with Crippen LogP contribution in [0.1, 0.15) is 50.0 Å². The second kappa shape index (κ2) is 4.46. The summed E-state index contributed by atoms with van der Waals surface area (Å²) in [6.07, 6.45) is 5.34. The van der Waals surface area contributed by atoms with Gasteiger partial charge in [0.15, 0.2) is 0 Å². The van der Waals surface area contributed by atoms with E-state index in [1.165, 1.54) is 0 Å². The minimum Gasteiger partial charge on any atom is -0.335 e. The Morgan fingerprint density at radius 1 is 1.35 bits per heavy atom. The molecule has 0 aliphatic rings. The molecule has 0 radical (unpaired) electrons. The van der Waals surface area contributed by atoms with Crippen molar-refractivity contribution in [3.05, 3.63) is 10.6 Å². The van der Waals surface area contributed by atoms with Gasteiger partial charge in [0.2, 0.25) is 0 Å². The number of carbonyl (C=O) groups excluding carboxylic acids is 1. The van der Waals surface area contributed by atoms with E-state index < -0.39 is 5.54 Å². The van der Waals surface area contributed by atoms with Gasteiger partial charge in [0, 0.05) is 5.41 Å². The normalized spacial score (nSPS) is 12.0. The fourth-order valence-electron chi connectivity index (χ4n) is 1.21. The fraction of sp³-hybridized carbons (Fsp3) is 0.583. The Morgan fingerprint density at radius 3 is 2.41 bits per heavy atom. The summed E-state index contributed by atoms with van der Waals surface area (Å²) in [5, 5.41) is 6.80. The van der Waals surface area contributed by atoms with E-state index in [1.807, 2.05) is 20.8 Å². The molecule has 1 N–H and O–H groups in total. The van der Waals surface area contributed by atoms with Crippen LogP contribution in [0.4, 0.5) is 0 Å². The summed E-state index contributed by atoms with van der Waals surface area (Å²) in [5.74, 6) is 2.31. The van der Waals surface area contributed by atoms with E-state index >= 15 is 0 Å². The maximum Gasteiger partial charge on any atom is 0.266 e. The van der Waals surface area contributed by atoms with Crippen molar-refractivity contribution in [2.24, 2.45) is 0 Å². The topological polar surface area (TPSA) is 54.9 Å². The van der Waals surface area contributed by atoms with Crippen LogP contribution >= 0.6 is 11.5 Å². The molecule has 0 saturated carbocycles. The van der Waals surface area contributed by atoms with Gasteiger partial charge >= 0.3 is 0 Å². The van der Waals surface area contributed by atoms with Crippen LogP contribution in [-0.2, 0) is 5.41 Å². The molecule has 0 aromatic carbocycles. The number of nitrogens with zero attached hydrogens (tertiary/aromatic N) is 2. The molecule has 92 valence electrons. The molecule has 1 aromatic heterocycles. The van der Waals surface area contributed by atoms with Crippen LogP contribution in [0.2, 0.25) is 0 Å². The highest BCUT2D eigenvalue weighted by molar-refractivity contribution is 7.08. The van der Waals surface area contributed by atoms with Crippen molar-refractivity contribution >= 4 is 17.4 Å². The van der Waals surface area contributed by atoms with Gasteiger partial charge in [-0.25, -0.2) is 0 Å². The fourth-order valence-corrected chi connectivity index (χ4v) is 1.98. The van der Waals surface area contributed by atoms with Crippen LogP contribution in [0, 0.1) is 12.3 Å². The third kappa shape index (κ3) is 3.27. The van der Waals surface area contributed by atoms with Gasteiger partial charge in [-0.1, -0.05) is 31.2 Å². The van der Waals surface area contributed by atoms with Crippen molar-refractivity contribution in [1.82, 2.24) is 14.9 Å². The summed E-state index contributed by atoms with van der Waals surface area (Å²) in [7, 11) is 0. The Balaban J connectivity index is 3.00. The zero-order valence-corrected chi connectivity index (χ0v) is 11.6. The lowest BCUT2D eigenvalue weighted by atomic mass is 9.91. The maximum absolute atomic E-state index is 12.1. The summed E-state index contributed by atoms with van der Waals surface area (Å²) in [6.45, 7) is 9.53. The molecule has 1 heterocycles. The quantitative estimate of drug-likeness (QED) is 0.818. The molecule has 0 aliphatic heterocycles. The van der Waals surface area contributed by atoms with Gasteiger partial charge < -0.3 is 5.32 Å². The van der Waals surface area contributed by atoms with E-state index in [0.717, 1.165) is 11.5 Å². The first kappa shape index (κ1) is 13.7. The van der Waals surface area contributed by atoms with Crippen molar-refractivity contribution in [1.29, 1.82) is 0 Å². The third-order valence-electron chi connectivity index (χ3n) is 2.19. The lowest BCUT2D eigenvalue weighted by Gasteiger charge is -2.21. The molecule has 5 heteroatoms. The molecule has 0 aliphatic carbocycles. The van der Waals surface area contributed by atoms with Gasteiger partial charge in [0.1, 0.15) is 4.88 Å². The maximum atomic E-state index is 12.1. The lowest BCUT2D eigenvalue weighted by molar-refractivity contribution is 0.0931. The molecule has 17 heavy (non-hydrogen) atoms. The lowest BCUT2D eigenvalue weighted by Crippen LogP contribution is -2.42. The number of hydrogen-bond donors (Lipinski definition) is 1. The van der Waals surface area contributed by atoms with E-state index in [2.05, 4.69) is 20.8 Å². The highest BCUT2D eigenvalue weighted by Crippen LogP contribution is 2.25. The van der Waals surface area contributed by atoms with Crippen molar-refractivity contribution in [2.45, 2.75) is 45.6 Å². The molecule has 0 saturated heterocycles. The molecule has 0 unspecified atom stereocenters. The zero-order chi connectivity index (χ0) is 13.3. The predicted octanol–water partition coefficient (Wildman–Crippen LogP) is 1.98. The molecular weight excluding hydrogens is 234 g/mol. The summed E-state index contributed by atoms with van der Waals surface area (Å²) >= 11 is 1.09. The average Bonchev–Trinajstić information content (AvgIpc) is 2.64. The number of terminal acetylenes is 1. The Bertz CT molecular complexity index is 463. The Kier molecular flexibility index (Phi) is 3.58. The standard InChI is InChI=1S/C12H17N3OS/c1-7-12(5,6)13-10(16)8-9(11(2,3)4)14-15-17-8/h1H,2-6H3,(H,13,16). The third-order valence-corrected chi connectivity index (χ3v) is 2.92. The van der Waals surface area contributed by atoms with Crippen LogP contribution in [-0.4, -0.2) is 21.0 Å². The first-order valence-corrected chi connectivity index (χ1v) is 6.08. The van der Waals surface area contributed by atoms with Gasteiger partial charge in [-0.2, -0.15) is 0 Å². The molecule has 1 amide bonds. The van der Waals surface area contributed by atoms with Crippen LogP contribution < -0.4 is 5.32 Å². The summed E-state index contributed by atoms with van der Waals surface area (Å²) < 4.78 is 3.84. The summed E-state index contributed by atoms with van der Waals surface area (Å²) in [6, 6.07) is 0. The molecule has 0 atom stereocenters. The number of nitrogens with one attached hydrogen (secondary N) is 1. The van der Waals surface area contributed by atoms with E-state index in [4.69, 9.17) is 6.42 Å². The molecular formula is C12H17N3OS. The van der Waals surface area contributed by atoms with Crippen LogP contribution in [0.3, 0.4) is 0 Å². The van der Waals surface area contributed by atoms with Gasteiger partial charge in [0.25, 0.3) is 5.91 Å². The van der Waals surface area contributed by atoms with Gasteiger partial charge in [-0.3, -0.25) is 4.79 Å². The number of aromatic nitrogens is 2. The van der Waals surface area contributed by atoms with E-state index in [-0.39, 0.29) is 11.3 Å². The van der Waals surface area contributed by atoms with Crippen molar-refractivity contribution in [3.8, 4) is 12.3 Å². The minimum atomic E-state index is -0.670. The first-order valence-electron chi connectivity index (χ1n) is 5.30. The molecule has 0 bridgehead atoms. The van der Waals surface area contributed by atoms with Gasteiger partial charge in [-0.05, 0) is 25.4 Å². The second-order valence-corrected chi connectivity index (χ2v) is 6.18. The van der Waals surface area contributed by atoms with Crippen LogP contribution in [0.5, 0.6) is 0 Å². The summed E-state index contributed by atoms with van der Waals surface area (Å²) in [5.41, 5.74) is -0.177. The van der Waals surface area contributed by atoms with E-state index in [1.54, 1.807) is 13.8 Å². The average molecular weight is 251 g/mol. The molecule has 0 fully saturated rings. The Morgan fingerprint density at radius 2 is 1.94 bits per heavy atom. The predicted molar refractivity (Wildman–Crippen MR) is 69.0 cm³/mol. The monoisotopic (exact) mass is 251 g/mol. The van der Waals surface area contributed by atoms with Crippen molar-refractivity contribution in [3.63, 3.8) is 0 Å². The van der Waals surface area contributed by atoms with Crippen molar-refractivity contribution < 1.29 is 4.79 Å². The van der Waals surface area contributed by atoms with Gasteiger partial charge in [-0.15, -0.1) is 11.5 Å². The van der Waals surface area contributed by atoms with E-state index in [9.17, 15) is 4.79 Å². The second-order valence-electron chi connectivity index (χ2n) is 5.42. The zero-order valence-electron chi connectivity index (χ0n) is 10.8. The SMILES string of the molecule is C#CC(C)(C)NC(=O)c1snnc1C(C)(C)C. The smallest absolute Gasteiger partial charge is 0.266 e. The minimum absolute atomic E-state index is 0.208. The highest BCUT2D eigenvalue weighted by Gasteiger charge is 2.28. The Labute approximate surface area is 106 Å². The molecule has 1 aromatic rings. The first-order chi connectivity index (χ1) is 7.67. The summed E-state index contributed by atoms with van der Waals surface area (Å²) in [4.78, 5) is 12.6. The Hall–Kier alpha value is -1.41.